The van der Waals surface area contributed by atoms with Crippen LogP contribution in [0.4, 0.5) is 17.3 Å². The number of para-hydroxylation sites is 1. The molecule has 2 N–H and O–H groups in total. The van der Waals surface area contributed by atoms with Crippen LogP contribution in [-0.2, 0) is 11.3 Å². The molecule has 0 spiro atoms. The summed E-state index contributed by atoms with van der Waals surface area (Å²) in [6.07, 6.45) is 2.63. The maximum absolute atomic E-state index is 5.23. The Morgan fingerprint density at radius 3 is 2.67 bits per heavy atom. The van der Waals surface area contributed by atoms with Crippen molar-refractivity contribution < 1.29 is 4.74 Å². The predicted molar refractivity (Wildman–Crippen MR) is 86.0 cm³/mol. The molecule has 0 amide bonds. The van der Waals surface area contributed by atoms with E-state index in [9.17, 15) is 0 Å². The topological polar surface area (TPSA) is 59.1 Å². The van der Waals surface area contributed by atoms with Gasteiger partial charge in [-0.05, 0) is 19.4 Å². The number of anilines is 3. The molecule has 0 atom stereocenters. The first-order valence-electron chi connectivity index (χ1n) is 7.15. The molecule has 1 aromatic carbocycles. The summed E-state index contributed by atoms with van der Waals surface area (Å²) < 4.78 is 5.23. The van der Waals surface area contributed by atoms with Crippen molar-refractivity contribution in [2.45, 2.75) is 26.9 Å². The summed E-state index contributed by atoms with van der Waals surface area (Å²) in [6.45, 7) is 5.61. The third kappa shape index (κ3) is 3.92. The zero-order valence-electron chi connectivity index (χ0n) is 12.8. The summed E-state index contributed by atoms with van der Waals surface area (Å²) in [6, 6.07) is 8.06. The van der Waals surface area contributed by atoms with E-state index in [1.165, 1.54) is 0 Å². The Kier molecular flexibility index (Phi) is 5.51. The Morgan fingerprint density at radius 2 is 1.90 bits per heavy atom. The van der Waals surface area contributed by atoms with Gasteiger partial charge in [-0.25, -0.2) is 9.97 Å². The zero-order chi connectivity index (χ0) is 15.1. The smallest absolute Gasteiger partial charge is 0.138 e. The van der Waals surface area contributed by atoms with Gasteiger partial charge >= 0.3 is 0 Å². The summed E-state index contributed by atoms with van der Waals surface area (Å²) in [5, 5.41) is 6.68. The van der Waals surface area contributed by atoms with Crippen LogP contribution in [0, 0.1) is 6.92 Å². The molecule has 1 aromatic heterocycles. The molecule has 0 bridgehead atoms. The molecular weight excluding hydrogens is 264 g/mol. The van der Waals surface area contributed by atoms with Crippen LogP contribution in [0.3, 0.4) is 0 Å². The number of aromatic nitrogens is 2. The third-order valence-corrected chi connectivity index (χ3v) is 3.20. The van der Waals surface area contributed by atoms with Gasteiger partial charge in [-0.15, -0.1) is 0 Å². The zero-order valence-corrected chi connectivity index (χ0v) is 12.8. The van der Waals surface area contributed by atoms with Crippen molar-refractivity contribution in [3.05, 3.63) is 41.7 Å². The van der Waals surface area contributed by atoms with Crippen LogP contribution in [0.15, 0.2) is 30.6 Å². The number of hydrogen-bond donors (Lipinski definition) is 2. The fourth-order valence-corrected chi connectivity index (χ4v) is 2.05. The summed E-state index contributed by atoms with van der Waals surface area (Å²) in [4.78, 5) is 8.63. The quantitative estimate of drug-likeness (QED) is 0.816. The number of hydrogen-bond acceptors (Lipinski definition) is 5. The highest BCUT2D eigenvalue weighted by Gasteiger charge is 2.08. The lowest BCUT2D eigenvalue weighted by Gasteiger charge is -2.14. The minimum Gasteiger partial charge on any atom is -0.380 e. The Balaban J connectivity index is 2.23. The maximum Gasteiger partial charge on any atom is 0.138 e. The van der Waals surface area contributed by atoms with Crippen molar-refractivity contribution in [2.24, 2.45) is 0 Å². The lowest BCUT2D eigenvalue weighted by Crippen LogP contribution is -2.07. The Labute approximate surface area is 125 Å². The number of nitrogens with zero attached hydrogens (tertiary/aromatic N) is 2. The molecule has 5 nitrogen and oxygen atoms in total. The van der Waals surface area contributed by atoms with Crippen molar-refractivity contribution in [2.75, 3.05) is 24.3 Å². The molecule has 0 aliphatic heterocycles. The van der Waals surface area contributed by atoms with Crippen molar-refractivity contribution in [3.8, 4) is 0 Å². The third-order valence-electron chi connectivity index (χ3n) is 3.20. The number of rotatable bonds is 7. The SMILES string of the molecule is CCCNc1ncnc(Nc2ccccc2COC)c1C. The molecule has 112 valence electrons. The highest BCUT2D eigenvalue weighted by atomic mass is 16.5. The van der Waals surface area contributed by atoms with Gasteiger partial charge in [0.25, 0.3) is 0 Å². The van der Waals surface area contributed by atoms with E-state index in [2.05, 4.69) is 27.5 Å². The van der Waals surface area contributed by atoms with E-state index in [0.29, 0.717) is 6.61 Å². The van der Waals surface area contributed by atoms with E-state index in [1.807, 2.05) is 31.2 Å². The van der Waals surface area contributed by atoms with Crippen LogP contribution in [-0.4, -0.2) is 23.6 Å². The molecule has 0 aliphatic rings. The molecule has 0 radical (unpaired) electrons. The maximum atomic E-state index is 5.23. The molecule has 0 aliphatic carbocycles. The van der Waals surface area contributed by atoms with Crippen LogP contribution in [0.25, 0.3) is 0 Å². The van der Waals surface area contributed by atoms with Gasteiger partial charge < -0.3 is 15.4 Å². The first kappa shape index (κ1) is 15.3. The molecular formula is C16H22N4O. The van der Waals surface area contributed by atoms with Gasteiger partial charge in [0.2, 0.25) is 0 Å². The van der Waals surface area contributed by atoms with Crippen molar-refractivity contribution in [3.63, 3.8) is 0 Å². The minimum absolute atomic E-state index is 0.564. The molecule has 0 fully saturated rings. The second kappa shape index (κ2) is 7.59. The van der Waals surface area contributed by atoms with E-state index < -0.39 is 0 Å². The van der Waals surface area contributed by atoms with Gasteiger partial charge in [0.15, 0.2) is 0 Å². The highest BCUT2D eigenvalue weighted by Crippen LogP contribution is 2.25. The second-order valence-electron chi connectivity index (χ2n) is 4.84. The van der Waals surface area contributed by atoms with Gasteiger partial charge in [0, 0.05) is 30.5 Å². The first-order valence-corrected chi connectivity index (χ1v) is 7.15. The molecule has 1 heterocycles. The van der Waals surface area contributed by atoms with Crippen molar-refractivity contribution in [1.29, 1.82) is 0 Å². The van der Waals surface area contributed by atoms with Gasteiger partial charge in [-0.3, -0.25) is 0 Å². The molecule has 2 aromatic rings. The normalized spacial score (nSPS) is 10.4. The number of methoxy groups -OCH3 is 1. The van der Waals surface area contributed by atoms with E-state index in [1.54, 1.807) is 13.4 Å². The average Bonchev–Trinajstić information content (AvgIpc) is 2.50. The minimum atomic E-state index is 0.564. The van der Waals surface area contributed by atoms with Gasteiger partial charge in [-0.2, -0.15) is 0 Å². The summed E-state index contributed by atoms with van der Waals surface area (Å²) in [5.74, 6) is 1.69. The number of benzene rings is 1. The summed E-state index contributed by atoms with van der Waals surface area (Å²) in [7, 11) is 1.69. The fraction of sp³-hybridized carbons (Fsp3) is 0.375. The van der Waals surface area contributed by atoms with Gasteiger partial charge in [-0.1, -0.05) is 25.1 Å². The molecule has 21 heavy (non-hydrogen) atoms. The Hall–Kier alpha value is -2.14. The molecule has 5 heteroatoms. The van der Waals surface area contributed by atoms with Gasteiger partial charge in [0.05, 0.1) is 6.61 Å². The number of nitrogens with one attached hydrogen (secondary N) is 2. The Morgan fingerprint density at radius 1 is 1.14 bits per heavy atom. The van der Waals surface area contributed by atoms with Crippen molar-refractivity contribution >= 4 is 17.3 Å². The monoisotopic (exact) mass is 286 g/mol. The van der Waals surface area contributed by atoms with Crippen LogP contribution < -0.4 is 10.6 Å². The van der Waals surface area contributed by atoms with E-state index >= 15 is 0 Å². The summed E-state index contributed by atoms with van der Waals surface area (Å²) >= 11 is 0. The predicted octanol–water partition coefficient (Wildman–Crippen LogP) is 3.50. The number of ether oxygens (including phenoxy) is 1. The first-order chi connectivity index (χ1) is 10.3. The summed E-state index contributed by atoms with van der Waals surface area (Å²) in [5.41, 5.74) is 3.11. The van der Waals surface area contributed by atoms with Crippen LogP contribution >= 0.6 is 0 Å². The van der Waals surface area contributed by atoms with Gasteiger partial charge in [0.1, 0.15) is 18.0 Å². The second-order valence-corrected chi connectivity index (χ2v) is 4.84. The molecule has 0 unspecified atom stereocenters. The van der Waals surface area contributed by atoms with E-state index in [0.717, 1.165) is 41.4 Å². The lowest BCUT2D eigenvalue weighted by molar-refractivity contribution is 0.185. The van der Waals surface area contributed by atoms with Crippen molar-refractivity contribution in [1.82, 2.24) is 9.97 Å². The van der Waals surface area contributed by atoms with E-state index in [-0.39, 0.29) is 0 Å². The van der Waals surface area contributed by atoms with Crippen LogP contribution in [0.2, 0.25) is 0 Å². The van der Waals surface area contributed by atoms with Crippen LogP contribution in [0.1, 0.15) is 24.5 Å². The van der Waals surface area contributed by atoms with E-state index in [4.69, 9.17) is 4.74 Å². The molecule has 0 saturated carbocycles. The molecule has 2 rings (SSSR count). The fourth-order valence-electron chi connectivity index (χ4n) is 2.05. The van der Waals surface area contributed by atoms with Crippen LogP contribution in [0.5, 0.6) is 0 Å². The highest BCUT2D eigenvalue weighted by molar-refractivity contribution is 5.66. The molecule has 0 saturated heterocycles. The standard InChI is InChI=1S/C16H22N4O/c1-4-9-17-15-12(2)16(19-11-18-15)20-14-8-6-5-7-13(14)10-21-3/h5-8,11H,4,9-10H2,1-3H3,(H2,17,18,19,20). The Bertz CT molecular complexity index is 586. The average molecular weight is 286 g/mol. The lowest BCUT2D eigenvalue weighted by atomic mass is 10.2. The largest absolute Gasteiger partial charge is 0.380 e.